The number of hydrogen-bond donors (Lipinski definition) is 2. The van der Waals surface area contributed by atoms with Crippen molar-refractivity contribution in [1.82, 2.24) is 19.7 Å². The van der Waals surface area contributed by atoms with Gasteiger partial charge in [0.2, 0.25) is 5.95 Å². The molecule has 1 aliphatic rings. The molecule has 2 N–H and O–H groups in total. The summed E-state index contributed by atoms with van der Waals surface area (Å²) < 4.78 is 54.6. The lowest BCUT2D eigenvalue weighted by Crippen LogP contribution is -2.35. The molecule has 1 aromatic carbocycles. The van der Waals surface area contributed by atoms with Gasteiger partial charge in [-0.15, -0.1) is 0 Å². The number of urea groups is 1. The molecule has 0 saturated heterocycles. The minimum absolute atomic E-state index is 0.109. The molecule has 0 unspecified atom stereocenters. The van der Waals surface area contributed by atoms with Crippen LogP contribution in [0, 0.1) is 0 Å². The Bertz CT molecular complexity index is 1020. The number of benzene rings is 1. The van der Waals surface area contributed by atoms with Crippen molar-refractivity contribution in [3.05, 3.63) is 36.4 Å². The maximum atomic E-state index is 12.4. The standard InChI is InChI=1S/C12H11N5O6S2/c18-12(16-11-14-6-13-7-15-11)17-25(21,22)9-3-1-2-8-4-5-24(19,20)23-10(8)9/h1-3,6-7H,4-5H2,(H2,13,14,15,16,17,18). The lowest BCUT2D eigenvalue weighted by atomic mass is 10.1. The van der Waals surface area contributed by atoms with E-state index < -0.39 is 31.1 Å². The van der Waals surface area contributed by atoms with Gasteiger partial charge < -0.3 is 4.18 Å². The van der Waals surface area contributed by atoms with E-state index in [4.69, 9.17) is 4.18 Å². The van der Waals surface area contributed by atoms with E-state index in [-0.39, 0.29) is 23.9 Å². The lowest BCUT2D eigenvalue weighted by Gasteiger charge is -2.19. The van der Waals surface area contributed by atoms with Crippen LogP contribution in [0.1, 0.15) is 5.56 Å². The predicted molar refractivity (Wildman–Crippen MR) is 83.7 cm³/mol. The number of fused-ring (bicyclic) bond motifs is 1. The molecule has 25 heavy (non-hydrogen) atoms. The average Bonchev–Trinajstić information content (AvgIpc) is 2.53. The van der Waals surface area contributed by atoms with Crippen molar-refractivity contribution in [2.75, 3.05) is 11.1 Å². The Morgan fingerprint density at radius 1 is 1.20 bits per heavy atom. The fraction of sp³-hybridized carbons (Fsp3) is 0.167. The van der Waals surface area contributed by atoms with Crippen molar-refractivity contribution in [3.8, 4) is 5.75 Å². The molecule has 2 aromatic rings. The Morgan fingerprint density at radius 2 is 1.92 bits per heavy atom. The van der Waals surface area contributed by atoms with E-state index >= 15 is 0 Å². The second-order valence-electron chi connectivity index (χ2n) is 4.86. The molecular formula is C12H11N5O6S2. The number of nitrogens with one attached hydrogen (secondary N) is 2. The summed E-state index contributed by atoms with van der Waals surface area (Å²) in [7, 11) is -8.27. The molecular weight excluding hydrogens is 374 g/mol. The predicted octanol–water partition coefficient (Wildman–Crippen LogP) is -0.353. The van der Waals surface area contributed by atoms with Gasteiger partial charge in [-0.1, -0.05) is 12.1 Å². The average molecular weight is 385 g/mol. The number of sulfonamides is 1. The first-order valence-corrected chi connectivity index (χ1v) is 9.83. The summed E-state index contributed by atoms with van der Waals surface area (Å²) in [5.41, 5.74) is 0.413. The van der Waals surface area contributed by atoms with Gasteiger partial charge in [-0.2, -0.15) is 8.42 Å². The van der Waals surface area contributed by atoms with Gasteiger partial charge in [0, 0.05) is 0 Å². The Balaban J connectivity index is 1.87. The second kappa shape index (κ2) is 6.25. The number of aromatic nitrogens is 3. The summed E-state index contributed by atoms with van der Waals surface area (Å²) in [6.45, 7) is 0. The van der Waals surface area contributed by atoms with Crippen LogP contribution in [-0.2, 0) is 26.6 Å². The number of rotatable bonds is 3. The van der Waals surface area contributed by atoms with Gasteiger partial charge in [0.05, 0.1) is 5.75 Å². The van der Waals surface area contributed by atoms with Crippen LogP contribution in [0.3, 0.4) is 0 Å². The van der Waals surface area contributed by atoms with Crippen molar-refractivity contribution in [3.63, 3.8) is 0 Å². The van der Waals surface area contributed by atoms with Crippen LogP contribution >= 0.6 is 0 Å². The van der Waals surface area contributed by atoms with Crippen LogP contribution in [0.25, 0.3) is 0 Å². The summed E-state index contributed by atoms with van der Waals surface area (Å²) in [6.07, 6.45) is 2.34. The number of para-hydroxylation sites is 1. The fourth-order valence-corrected chi connectivity index (χ4v) is 4.21. The summed E-state index contributed by atoms with van der Waals surface area (Å²) >= 11 is 0. The maximum absolute atomic E-state index is 12.4. The van der Waals surface area contributed by atoms with Crippen molar-refractivity contribution >= 4 is 32.1 Å². The Kier molecular flexibility index (Phi) is 4.26. The number of hydrogen-bond acceptors (Lipinski definition) is 9. The summed E-state index contributed by atoms with van der Waals surface area (Å²) in [5, 5.41) is 2.11. The molecule has 0 radical (unpaired) electrons. The fourth-order valence-electron chi connectivity index (χ4n) is 2.08. The number of amides is 2. The molecule has 2 amide bonds. The molecule has 0 bridgehead atoms. The number of carbonyl (C=O) groups excluding carboxylic acids is 1. The zero-order chi connectivity index (χ0) is 18.1. The van der Waals surface area contributed by atoms with Crippen LogP contribution in [0.4, 0.5) is 10.7 Å². The van der Waals surface area contributed by atoms with Crippen molar-refractivity contribution < 1.29 is 25.8 Å². The third kappa shape index (κ3) is 3.83. The molecule has 0 fully saturated rings. The molecule has 0 aliphatic carbocycles. The molecule has 3 rings (SSSR count). The van der Waals surface area contributed by atoms with Gasteiger partial charge in [0.15, 0.2) is 5.75 Å². The topological polar surface area (TPSA) is 157 Å². The number of carbonyl (C=O) groups is 1. The second-order valence-corrected chi connectivity index (χ2v) is 8.20. The van der Waals surface area contributed by atoms with Gasteiger partial charge in [0.1, 0.15) is 17.6 Å². The number of aryl methyl sites for hydroxylation is 1. The Morgan fingerprint density at radius 3 is 2.64 bits per heavy atom. The normalized spacial score (nSPS) is 15.5. The first kappa shape index (κ1) is 17.0. The van der Waals surface area contributed by atoms with E-state index in [1.54, 1.807) is 10.8 Å². The molecule has 11 nitrogen and oxygen atoms in total. The largest absolute Gasteiger partial charge is 0.381 e. The van der Waals surface area contributed by atoms with Gasteiger partial charge in [0.25, 0.3) is 10.0 Å². The first-order chi connectivity index (χ1) is 11.8. The molecule has 1 aliphatic heterocycles. The van der Waals surface area contributed by atoms with E-state index in [0.29, 0.717) is 5.56 Å². The quantitative estimate of drug-likeness (QED) is 0.673. The Hall–Kier alpha value is -2.80. The van der Waals surface area contributed by atoms with Crippen molar-refractivity contribution in [2.45, 2.75) is 11.3 Å². The van der Waals surface area contributed by atoms with Gasteiger partial charge in [-0.05, 0) is 18.1 Å². The molecule has 1 aromatic heterocycles. The van der Waals surface area contributed by atoms with E-state index in [1.807, 2.05) is 0 Å². The number of nitrogens with zero attached hydrogens (tertiary/aromatic N) is 3. The molecule has 13 heteroatoms. The highest BCUT2D eigenvalue weighted by molar-refractivity contribution is 7.90. The van der Waals surface area contributed by atoms with E-state index in [9.17, 15) is 21.6 Å². The van der Waals surface area contributed by atoms with Gasteiger partial charge >= 0.3 is 16.1 Å². The van der Waals surface area contributed by atoms with Crippen LogP contribution in [0.2, 0.25) is 0 Å². The van der Waals surface area contributed by atoms with Crippen LogP contribution in [-0.4, -0.2) is 43.6 Å². The minimum atomic E-state index is -4.39. The van der Waals surface area contributed by atoms with Crippen molar-refractivity contribution in [2.24, 2.45) is 0 Å². The van der Waals surface area contributed by atoms with Crippen molar-refractivity contribution in [1.29, 1.82) is 0 Å². The molecule has 0 saturated carbocycles. The van der Waals surface area contributed by atoms with E-state index in [0.717, 1.165) is 18.7 Å². The highest BCUT2D eigenvalue weighted by Gasteiger charge is 2.30. The zero-order valence-electron chi connectivity index (χ0n) is 12.4. The van der Waals surface area contributed by atoms with Crippen LogP contribution in [0.15, 0.2) is 35.7 Å². The molecule has 132 valence electrons. The monoisotopic (exact) mass is 385 g/mol. The highest BCUT2D eigenvalue weighted by atomic mass is 32.2. The smallest absolute Gasteiger partial charge is 0.335 e. The first-order valence-electron chi connectivity index (χ1n) is 6.77. The van der Waals surface area contributed by atoms with Gasteiger partial charge in [-0.25, -0.2) is 32.9 Å². The summed E-state index contributed by atoms with van der Waals surface area (Å²) in [5.74, 6) is -0.720. The van der Waals surface area contributed by atoms with E-state index in [1.165, 1.54) is 6.07 Å². The van der Waals surface area contributed by atoms with Gasteiger partial charge in [-0.3, -0.25) is 5.32 Å². The number of anilines is 1. The van der Waals surface area contributed by atoms with Crippen LogP contribution < -0.4 is 14.2 Å². The Labute approximate surface area is 142 Å². The summed E-state index contributed by atoms with van der Waals surface area (Å²) in [4.78, 5) is 22.2. The van der Waals surface area contributed by atoms with E-state index in [2.05, 4.69) is 20.3 Å². The molecule has 0 atom stereocenters. The highest BCUT2D eigenvalue weighted by Crippen LogP contribution is 2.33. The summed E-state index contributed by atoms with van der Waals surface area (Å²) in [6, 6.07) is 2.99. The zero-order valence-corrected chi connectivity index (χ0v) is 14.0. The third-order valence-electron chi connectivity index (χ3n) is 3.13. The third-order valence-corrected chi connectivity index (χ3v) is 5.61. The minimum Gasteiger partial charge on any atom is -0.381 e. The lowest BCUT2D eigenvalue weighted by molar-refractivity contribution is 0.256. The van der Waals surface area contributed by atoms with Crippen LogP contribution in [0.5, 0.6) is 5.75 Å². The molecule has 2 heterocycles. The maximum Gasteiger partial charge on any atom is 0.335 e. The molecule has 0 spiro atoms. The SMILES string of the molecule is O=C(Nc1ncncn1)NS(=O)(=O)c1cccc2c1OS(=O)(=O)CC2.